The zero-order valence-electron chi connectivity index (χ0n) is 11.2. The number of hydrogen-bond acceptors (Lipinski definition) is 5. The Kier molecular flexibility index (Phi) is 3.35. The minimum atomic E-state index is -3.13. The van der Waals surface area contributed by atoms with Gasteiger partial charge in [0.05, 0.1) is 12.5 Å². The third kappa shape index (κ3) is 2.75. The van der Waals surface area contributed by atoms with Crippen LogP contribution in [-0.4, -0.2) is 48.4 Å². The monoisotopic (exact) mass is 295 g/mol. The fraction of sp³-hybridized carbons (Fsp3) is 0.500. The number of aromatic nitrogens is 3. The Labute approximate surface area is 117 Å². The highest BCUT2D eigenvalue weighted by molar-refractivity contribution is 7.88. The summed E-state index contributed by atoms with van der Waals surface area (Å²) in [4.78, 5) is 6.61. The van der Waals surface area contributed by atoms with Crippen molar-refractivity contribution in [3.05, 3.63) is 24.7 Å². The number of hydrogen-bond donors (Lipinski definition) is 1. The molecule has 108 valence electrons. The summed E-state index contributed by atoms with van der Waals surface area (Å²) in [5, 5.41) is 4.20. The van der Waals surface area contributed by atoms with E-state index in [1.807, 2.05) is 12.3 Å². The number of piperidine rings is 1. The normalized spacial score (nSPS) is 17.8. The Morgan fingerprint density at radius 1 is 1.30 bits per heavy atom. The summed E-state index contributed by atoms with van der Waals surface area (Å²) in [7, 11) is -3.13. The highest BCUT2D eigenvalue weighted by atomic mass is 32.2. The Morgan fingerprint density at radius 2 is 2.05 bits per heavy atom. The summed E-state index contributed by atoms with van der Waals surface area (Å²) in [6.07, 6.45) is 8.06. The maximum atomic E-state index is 11.2. The summed E-state index contributed by atoms with van der Waals surface area (Å²) in [5.41, 5.74) is 0.974. The molecule has 0 bridgehead atoms. The first kappa shape index (κ1) is 13.3. The molecule has 1 fully saturated rings. The second-order valence-corrected chi connectivity index (χ2v) is 6.84. The molecule has 0 radical (unpaired) electrons. The standard InChI is InChI=1S/C12H17N5O2S/c1-20(18,19)15-10-3-7-16(8-4-10)12-11-2-5-14-17(11)9-6-13-12/h2,5-6,9-10,15H,3-4,7-8H2,1H3. The van der Waals surface area contributed by atoms with Gasteiger partial charge in [0.2, 0.25) is 10.0 Å². The highest BCUT2D eigenvalue weighted by Gasteiger charge is 2.23. The lowest BCUT2D eigenvalue weighted by Crippen LogP contribution is -2.44. The fourth-order valence-electron chi connectivity index (χ4n) is 2.60. The molecule has 1 saturated heterocycles. The van der Waals surface area contributed by atoms with Crippen molar-refractivity contribution >= 4 is 21.4 Å². The molecule has 3 heterocycles. The van der Waals surface area contributed by atoms with Gasteiger partial charge in [-0.05, 0) is 18.9 Å². The van der Waals surface area contributed by atoms with Crippen LogP contribution >= 0.6 is 0 Å². The molecule has 0 saturated carbocycles. The van der Waals surface area contributed by atoms with Gasteiger partial charge in [-0.1, -0.05) is 0 Å². The Hall–Kier alpha value is -1.67. The number of fused-ring (bicyclic) bond motifs is 1. The maximum Gasteiger partial charge on any atom is 0.208 e. The number of anilines is 1. The summed E-state index contributed by atoms with van der Waals surface area (Å²) >= 11 is 0. The maximum absolute atomic E-state index is 11.2. The molecule has 2 aromatic heterocycles. The summed E-state index contributed by atoms with van der Waals surface area (Å²) < 4.78 is 26.9. The number of rotatable bonds is 3. The smallest absolute Gasteiger partial charge is 0.208 e. The van der Waals surface area contributed by atoms with Crippen molar-refractivity contribution < 1.29 is 8.42 Å². The Balaban J connectivity index is 1.74. The van der Waals surface area contributed by atoms with Crippen molar-refractivity contribution in [1.82, 2.24) is 19.3 Å². The van der Waals surface area contributed by atoms with E-state index < -0.39 is 10.0 Å². The molecule has 0 aliphatic carbocycles. The lowest BCUT2D eigenvalue weighted by atomic mass is 10.1. The van der Waals surface area contributed by atoms with Crippen LogP contribution in [0.4, 0.5) is 5.82 Å². The average Bonchev–Trinajstić information content (AvgIpc) is 2.86. The first-order valence-corrected chi connectivity index (χ1v) is 8.43. The van der Waals surface area contributed by atoms with Crippen LogP contribution < -0.4 is 9.62 Å². The van der Waals surface area contributed by atoms with Crippen LogP contribution in [0.2, 0.25) is 0 Å². The first-order chi connectivity index (χ1) is 9.53. The molecule has 7 nitrogen and oxygen atoms in total. The van der Waals surface area contributed by atoms with Gasteiger partial charge < -0.3 is 4.90 Å². The van der Waals surface area contributed by atoms with Crippen molar-refractivity contribution in [3.63, 3.8) is 0 Å². The van der Waals surface area contributed by atoms with Gasteiger partial charge in [0.25, 0.3) is 0 Å². The van der Waals surface area contributed by atoms with Gasteiger partial charge in [-0.2, -0.15) is 5.10 Å². The molecule has 2 aromatic rings. The van der Waals surface area contributed by atoms with Crippen molar-refractivity contribution in [2.45, 2.75) is 18.9 Å². The molecule has 1 N–H and O–H groups in total. The lowest BCUT2D eigenvalue weighted by molar-refractivity contribution is 0.460. The van der Waals surface area contributed by atoms with Gasteiger partial charge in [-0.25, -0.2) is 22.6 Å². The van der Waals surface area contributed by atoms with E-state index in [0.29, 0.717) is 0 Å². The van der Waals surface area contributed by atoms with E-state index >= 15 is 0 Å². The fourth-order valence-corrected chi connectivity index (χ4v) is 3.44. The Bertz CT molecular complexity index is 703. The largest absolute Gasteiger partial charge is 0.355 e. The summed E-state index contributed by atoms with van der Waals surface area (Å²) in [6.45, 7) is 1.57. The van der Waals surface area contributed by atoms with Gasteiger partial charge in [0, 0.05) is 31.5 Å². The molecule has 1 aliphatic rings. The van der Waals surface area contributed by atoms with Crippen LogP contribution in [-0.2, 0) is 10.0 Å². The van der Waals surface area contributed by atoms with E-state index in [9.17, 15) is 8.42 Å². The lowest BCUT2D eigenvalue weighted by Gasteiger charge is -2.32. The molecule has 0 spiro atoms. The van der Waals surface area contributed by atoms with Crippen molar-refractivity contribution in [2.24, 2.45) is 0 Å². The van der Waals surface area contributed by atoms with E-state index in [1.165, 1.54) is 6.26 Å². The third-order valence-corrected chi connectivity index (χ3v) is 4.24. The third-order valence-electron chi connectivity index (χ3n) is 3.48. The Morgan fingerprint density at radius 3 is 2.75 bits per heavy atom. The average molecular weight is 295 g/mol. The van der Waals surface area contributed by atoms with E-state index in [-0.39, 0.29) is 6.04 Å². The van der Waals surface area contributed by atoms with Crippen molar-refractivity contribution in [3.8, 4) is 0 Å². The molecule has 0 amide bonds. The molecule has 8 heteroatoms. The number of nitrogens with one attached hydrogen (secondary N) is 1. The second-order valence-electron chi connectivity index (χ2n) is 5.06. The van der Waals surface area contributed by atoms with Crippen LogP contribution in [0.1, 0.15) is 12.8 Å². The molecule has 1 aliphatic heterocycles. The van der Waals surface area contributed by atoms with E-state index in [0.717, 1.165) is 37.3 Å². The van der Waals surface area contributed by atoms with Gasteiger partial charge in [-0.15, -0.1) is 0 Å². The number of sulfonamides is 1. The predicted octanol–water partition coefficient (Wildman–Crippen LogP) is 0.247. The van der Waals surface area contributed by atoms with Crippen molar-refractivity contribution in [2.75, 3.05) is 24.2 Å². The SMILES string of the molecule is CS(=O)(=O)NC1CCN(c2nccn3nccc23)CC1. The zero-order valence-corrected chi connectivity index (χ0v) is 12.0. The predicted molar refractivity (Wildman–Crippen MR) is 76.2 cm³/mol. The van der Waals surface area contributed by atoms with Crippen molar-refractivity contribution in [1.29, 1.82) is 0 Å². The summed E-state index contributed by atoms with van der Waals surface area (Å²) in [6, 6.07) is 1.95. The number of nitrogens with zero attached hydrogens (tertiary/aromatic N) is 4. The van der Waals surface area contributed by atoms with E-state index in [4.69, 9.17) is 0 Å². The molecular weight excluding hydrogens is 278 g/mol. The van der Waals surface area contributed by atoms with E-state index in [1.54, 1.807) is 16.9 Å². The van der Waals surface area contributed by atoms with Crippen LogP contribution in [0.3, 0.4) is 0 Å². The quantitative estimate of drug-likeness (QED) is 0.878. The molecule has 3 rings (SSSR count). The summed E-state index contributed by atoms with van der Waals surface area (Å²) in [5.74, 6) is 0.905. The second kappa shape index (κ2) is 5.02. The molecular formula is C12H17N5O2S. The first-order valence-electron chi connectivity index (χ1n) is 6.53. The van der Waals surface area contributed by atoms with Crippen LogP contribution in [0.25, 0.3) is 5.52 Å². The van der Waals surface area contributed by atoms with Gasteiger partial charge in [0.1, 0.15) is 5.52 Å². The molecule has 0 aromatic carbocycles. The highest BCUT2D eigenvalue weighted by Crippen LogP contribution is 2.22. The van der Waals surface area contributed by atoms with Gasteiger partial charge >= 0.3 is 0 Å². The topological polar surface area (TPSA) is 79.6 Å². The minimum absolute atomic E-state index is 0.0193. The zero-order chi connectivity index (χ0) is 14.2. The van der Waals surface area contributed by atoms with Crippen LogP contribution in [0.15, 0.2) is 24.7 Å². The molecule has 0 atom stereocenters. The minimum Gasteiger partial charge on any atom is -0.355 e. The van der Waals surface area contributed by atoms with Gasteiger partial charge in [-0.3, -0.25) is 0 Å². The van der Waals surface area contributed by atoms with Crippen LogP contribution in [0.5, 0.6) is 0 Å². The van der Waals surface area contributed by atoms with E-state index in [2.05, 4.69) is 19.7 Å². The van der Waals surface area contributed by atoms with Crippen LogP contribution in [0, 0.1) is 0 Å². The molecule has 20 heavy (non-hydrogen) atoms. The molecule has 0 unspecified atom stereocenters. The van der Waals surface area contributed by atoms with Gasteiger partial charge in [0.15, 0.2) is 5.82 Å².